The second-order valence-electron chi connectivity index (χ2n) is 8.67. The number of hydrogen-bond acceptors (Lipinski definition) is 4. The molecule has 0 saturated heterocycles. The Hall–Kier alpha value is -3.71. The van der Waals surface area contributed by atoms with Crippen molar-refractivity contribution >= 4 is 23.2 Å². The van der Waals surface area contributed by atoms with Crippen molar-refractivity contribution in [1.29, 1.82) is 0 Å². The maximum absolute atomic E-state index is 13.4. The average molecular weight is 461 g/mol. The highest BCUT2D eigenvalue weighted by Crippen LogP contribution is 2.28. The second-order valence-corrected chi connectivity index (χ2v) is 8.67. The van der Waals surface area contributed by atoms with Gasteiger partial charge >= 0.3 is 11.8 Å². The first-order valence-corrected chi connectivity index (χ1v) is 11.3. The molecule has 0 bridgehead atoms. The third-order valence-electron chi connectivity index (χ3n) is 6.14. The van der Waals surface area contributed by atoms with Gasteiger partial charge in [-0.15, -0.1) is 0 Å². The van der Waals surface area contributed by atoms with E-state index in [1.165, 1.54) is 35.4 Å². The molecule has 4 rings (SSSR count). The first-order chi connectivity index (χ1) is 16.4. The number of anilines is 2. The smallest absolute Gasteiger partial charge is 0.313 e. The van der Waals surface area contributed by atoms with Crippen LogP contribution in [0.25, 0.3) is 0 Å². The molecule has 3 aromatic rings. The fraction of sp³-hybridized carbons (Fsp3) is 0.259. The summed E-state index contributed by atoms with van der Waals surface area (Å²) in [6.07, 6.45) is 0.927. The molecule has 6 nitrogen and oxygen atoms in total. The average Bonchev–Trinajstić information content (AvgIpc) is 2.84. The molecule has 0 radical (unpaired) electrons. The Morgan fingerprint density at radius 1 is 0.971 bits per heavy atom. The highest BCUT2D eigenvalue weighted by Gasteiger charge is 2.26. The van der Waals surface area contributed by atoms with Crippen molar-refractivity contribution in [3.05, 3.63) is 95.3 Å². The number of nitrogens with one attached hydrogen (secondary N) is 2. The molecule has 0 fully saturated rings. The first kappa shape index (κ1) is 23.4. The van der Waals surface area contributed by atoms with Gasteiger partial charge in [-0.25, -0.2) is 4.39 Å². The van der Waals surface area contributed by atoms with Crippen LogP contribution in [0.4, 0.5) is 15.8 Å². The SMILES string of the molecule is CN(C)c1ccc(C(CNC(=O)C(=O)Nc2cccc(F)c2)N2CCc3ccccc3C2)cc1. The lowest BCUT2D eigenvalue weighted by Gasteiger charge is -2.36. The van der Waals surface area contributed by atoms with Crippen molar-refractivity contribution in [2.45, 2.75) is 19.0 Å². The van der Waals surface area contributed by atoms with Gasteiger partial charge in [-0.2, -0.15) is 0 Å². The summed E-state index contributed by atoms with van der Waals surface area (Å²) in [5, 5.41) is 5.23. The highest BCUT2D eigenvalue weighted by molar-refractivity contribution is 6.39. The van der Waals surface area contributed by atoms with Crippen LogP contribution in [-0.2, 0) is 22.6 Å². The van der Waals surface area contributed by atoms with E-state index >= 15 is 0 Å². The number of fused-ring (bicyclic) bond motifs is 1. The van der Waals surface area contributed by atoms with Gasteiger partial charge in [0.05, 0.1) is 6.04 Å². The van der Waals surface area contributed by atoms with Gasteiger partial charge in [0.2, 0.25) is 0 Å². The van der Waals surface area contributed by atoms with Gasteiger partial charge in [0.25, 0.3) is 0 Å². The molecule has 0 aromatic heterocycles. The number of hydrogen-bond donors (Lipinski definition) is 2. The summed E-state index contributed by atoms with van der Waals surface area (Å²) < 4.78 is 13.4. The van der Waals surface area contributed by atoms with E-state index in [9.17, 15) is 14.0 Å². The molecule has 0 spiro atoms. The number of nitrogens with zero attached hydrogens (tertiary/aromatic N) is 2. The van der Waals surface area contributed by atoms with Gasteiger partial charge in [-0.3, -0.25) is 14.5 Å². The van der Waals surface area contributed by atoms with Crippen LogP contribution in [0, 0.1) is 5.82 Å². The third-order valence-corrected chi connectivity index (χ3v) is 6.14. The largest absolute Gasteiger partial charge is 0.378 e. The molecule has 34 heavy (non-hydrogen) atoms. The summed E-state index contributed by atoms with van der Waals surface area (Å²) in [5.41, 5.74) is 5.02. The summed E-state index contributed by atoms with van der Waals surface area (Å²) in [6.45, 7) is 1.89. The first-order valence-electron chi connectivity index (χ1n) is 11.3. The number of halogens is 1. The number of benzene rings is 3. The number of carbonyl (C=O) groups is 2. The van der Waals surface area contributed by atoms with Crippen LogP contribution >= 0.6 is 0 Å². The summed E-state index contributed by atoms with van der Waals surface area (Å²) in [4.78, 5) is 29.3. The molecule has 1 aliphatic heterocycles. The molecular weight excluding hydrogens is 431 g/mol. The van der Waals surface area contributed by atoms with E-state index in [-0.39, 0.29) is 18.3 Å². The summed E-state index contributed by atoms with van der Waals surface area (Å²) in [7, 11) is 3.98. The van der Waals surface area contributed by atoms with Gasteiger partial charge < -0.3 is 15.5 Å². The van der Waals surface area contributed by atoms with Gasteiger partial charge in [-0.05, 0) is 53.4 Å². The van der Waals surface area contributed by atoms with Crippen molar-refractivity contribution in [2.75, 3.05) is 37.4 Å². The van der Waals surface area contributed by atoms with E-state index in [0.717, 1.165) is 30.8 Å². The lowest BCUT2D eigenvalue weighted by Crippen LogP contribution is -2.43. The van der Waals surface area contributed by atoms with E-state index in [1.54, 1.807) is 0 Å². The molecule has 0 aliphatic carbocycles. The fourth-order valence-corrected chi connectivity index (χ4v) is 4.26. The zero-order chi connectivity index (χ0) is 24.1. The standard InChI is InChI=1S/C27H29FN4O2/c1-31(2)24-12-10-20(11-13-24)25(32-15-14-19-6-3-4-7-21(19)18-32)17-29-26(33)27(34)30-23-9-5-8-22(28)16-23/h3-13,16,25H,14-15,17-18H2,1-2H3,(H,29,33)(H,30,34). The van der Waals surface area contributed by atoms with E-state index in [2.05, 4.69) is 58.0 Å². The summed E-state index contributed by atoms with van der Waals surface area (Å²) in [6, 6.07) is 22.0. The Labute approximate surface area is 199 Å². The molecule has 2 N–H and O–H groups in total. The predicted molar refractivity (Wildman–Crippen MR) is 132 cm³/mol. The highest BCUT2D eigenvalue weighted by atomic mass is 19.1. The van der Waals surface area contributed by atoms with E-state index in [1.807, 2.05) is 25.1 Å². The van der Waals surface area contributed by atoms with E-state index in [0.29, 0.717) is 0 Å². The molecule has 1 aliphatic rings. The van der Waals surface area contributed by atoms with Crippen molar-refractivity contribution in [2.24, 2.45) is 0 Å². The van der Waals surface area contributed by atoms with Crippen LogP contribution in [0.2, 0.25) is 0 Å². The molecular formula is C27H29FN4O2. The molecule has 1 heterocycles. The van der Waals surface area contributed by atoms with Gasteiger partial charge in [-0.1, -0.05) is 42.5 Å². The zero-order valence-electron chi connectivity index (χ0n) is 19.4. The third kappa shape index (κ3) is 5.61. The molecule has 176 valence electrons. The number of amides is 2. The molecule has 1 atom stereocenters. The molecule has 0 saturated carbocycles. The molecule has 3 aromatic carbocycles. The van der Waals surface area contributed by atoms with Crippen LogP contribution in [0.1, 0.15) is 22.7 Å². The minimum Gasteiger partial charge on any atom is -0.378 e. The van der Waals surface area contributed by atoms with Crippen LogP contribution < -0.4 is 15.5 Å². The van der Waals surface area contributed by atoms with Gasteiger partial charge in [0, 0.05) is 45.1 Å². The minimum absolute atomic E-state index is 0.101. The Kier molecular flexibility index (Phi) is 7.23. The van der Waals surface area contributed by atoms with E-state index < -0.39 is 17.6 Å². The van der Waals surface area contributed by atoms with Crippen molar-refractivity contribution in [1.82, 2.24) is 10.2 Å². The van der Waals surface area contributed by atoms with Crippen molar-refractivity contribution in [3.63, 3.8) is 0 Å². The topological polar surface area (TPSA) is 64.7 Å². The van der Waals surface area contributed by atoms with Crippen LogP contribution in [0.15, 0.2) is 72.8 Å². The Morgan fingerprint density at radius 3 is 2.41 bits per heavy atom. The maximum Gasteiger partial charge on any atom is 0.313 e. The lowest BCUT2D eigenvalue weighted by molar-refractivity contribution is -0.136. The quantitative estimate of drug-likeness (QED) is 0.550. The Balaban J connectivity index is 1.49. The minimum atomic E-state index is -0.823. The van der Waals surface area contributed by atoms with Gasteiger partial charge in [0.1, 0.15) is 5.82 Å². The lowest BCUT2D eigenvalue weighted by atomic mass is 9.96. The predicted octanol–water partition coefficient (Wildman–Crippen LogP) is 3.75. The van der Waals surface area contributed by atoms with Crippen LogP contribution in [-0.4, -0.2) is 43.9 Å². The summed E-state index contributed by atoms with van der Waals surface area (Å²) in [5.74, 6) is -2.06. The van der Waals surface area contributed by atoms with Crippen molar-refractivity contribution in [3.8, 4) is 0 Å². The monoisotopic (exact) mass is 460 g/mol. The molecule has 2 amide bonds. The molecule has 7 heteroatoms. The second kappa shape index (κ2) is 10.5. The zero-order valence-corrected chi connectivity index (χ0v) is 19.4. The van der Waals surface area contributed by atoms with Crippen LogP contribution in [0.5, 0.6) is 0 Å². The number of rotatable bonds is 6. The number of carbonyl (C=O) groups excluding carboxylic acids is 2. The fourth-order valence-electron chi connectivity index (χ4n) is 4.26. The normalized spacial score (nSPS) is 14.1. The van der Waals surface area contributed by atoms with E-state index in [4.69, 9.17) is 0 Å². The maximum atomic E-state index is 13.4. The summed E-state index contributed by atoms with van der Waals surface area (Å²) >= 11 is 0. The van der Waals surface area contributed by atoms with Crippen LogP contribution in [0.3, 0.4) is 0 Å². The van der Waals surface area contributed by atoms with Gasteiger partial charge in [0.15, 0.2) is 0 Å². The Bertz CT molecular complexity index is 1160. The van der Waals surface area contributed by atoms with Crippen molar-refractivity contribution < 1.29 is 14.0 Å². The Morgan fingerprint density at radius 2 is 1.71 bits per heavy atom. The molecule has 1 unspecified atom stereocenters.